The number of phenols is 1. The fourth-order valence-electron chi connectivity index (χ4n) is 2.00. The van der Waals surface area contributed by atoms with Crippen LogP contribution in [0.3, 0.4) is 0 Å². The zero-order chi connectivity index (χ0) is 11.0. The Morgan fingerprint density at radius 2 is 2.06 bits per heavy atom. The summed E-state index contributed by atoms with van der Waals surface area (Å²) in [5.74, 6) is 1.19. The van der Waals surface area contributed by atoms with Gasteiger partial charge in [-0.2, -0.15) is 0 Å². The van der Waals surface area contributed by atoms with Crippen LogP contribution in [0.2, 0.25) is 0 Å². The highest BCUT2D eigenvalue weighted by molar-refractivity contribution is 5.64. The minimum atomic E-state index is 0.266. The van der Waals surface area contributed by atoms with Gasteiger partial charge in [0.1, 0.15) is 11.4 Å². The molecule has 0 bridgehead atoms. The SMILES string of the molecule is Oc1ccc(-c2noc3c2CCNC3)cc1. The van der Waals surface area contributed by atoms with Gasteiger partial charge in [-0.1, -0.05) is 5.16 Å². The fraction of sp³-hybridized carbons (Fsp3) is 0.250. The Hall–Kier alpha value is -1.81. The standard InChI is InChI=1S/C12H12N2O2/c15-9-3-1-8(2-4-9)12-10-5-6-13-7-11(10)16-14-12/h1-4,13,15H,5-7H2. The average molecular weight is 216 g/mol. The maximum Gasteiger partial charge on any atom is 0.154 e. The fourth-order valence-corrected chi connectivity index (χ4v) is 2.00. The number of phenolic OH excluding ortho intramolecular Hbond substituents is 1. The molecule has 1 aromatic heterocycles. The van der Waals surface area contributed by atoms with Gasteiger partial charge in [0, 0.05) is 11.1 Å². The number of nitrogens with zero attached hydrogens (tertiary/aromatic N) is 1. The molecule has 3 rings (SSSR count). The molecule has 0 unspecified atom stereocenters. The molecular formula is C12H12N2O2. The number of hydrogen-bond acceptors (Lipinski definition) is 4. The molecule has 0 amide bonds. The molecule has 4 nitrogen and oxygen atoms in total. The van der Waals surface area contributed by atoms with E-state index in [0.717, 1.165) is 36.5 Å². The highest BCUT2D eigenvalue weighted by Crippen LogP contribution is 2.28. The molecule has 16 heavy (non-hydrogen) atoms. The van der Waals surface area contributed by atoms with Crippen molar-refractivity contribution in [2.75, 3.05) is 6.54 Å². The van der Waals surface area contributed by atoms with Gasteiger partial charge in [0.25, 0.3) is 0 Å². The summed E-state index contributed by atoms with van der Waals surface area (Å²) in [7, 11) is 0. The number of hydrogen-bond donors (Lipinski definition) is 2. The average Bonchev–Trinajstić information content (AvgIpc) is 2.74. The van der Waals surface area contributed by atoms with E-state index in [-0.39, 0.29) is 5.75 Å². The summed E-state index contributed by atoms with van der Waals surface area (Å²) in [5.41, 5.74) is 3.07. The van der Waals surface area contributed by atoms with Gasteiger partial charge < -0.3 is 14.9 Å². The van der Waals surface area contributed by atoms with E-state index in [9.17, 15) is 5.11 Å². The Kier molecular flexibility index (Phi) is 2.15. The molecule has 2 aromatic rings. The predicted molar refractivity (Wildman–Crippen MR) is 59.0 cm³/mol. The third-order valence-corrected chi connectivity index (χ3v) is 2.85. The van der Waals surface area contributed by atoms with Crippen molar-refractivity contribution < 1.29 is 9.63 Å². The normalized spacial score (nSPS) is 14.8. The maximum atomic E-state index is 9.24. The van der Waals surface area contributed by atoms with Crippen molar-refractivity contribution in [3.05, 3.63) is 35.6 Å². The zero-order valence-corrected chi connectivity index (χ0v) is 8.73. The third-order valence-electron chi connectivity index (χ3n) is 2.85. The van der Waals surface area contributed by atoms with Crippen molar-refractivity contribution >= 4 is 0 Å². The first-order chi connectivity index (χ1) is 7.84. The van der Waals surface area contributed by atoms with Crippen LogP contribution in [0.15, 0.2) is 28.8 Å². The Morgan fingerprint density at radius 3 is 2.88 bits per heavy atom. The highest BCUT2D eigenvalue weighted by Gasteiger charge is 2.19. The Morgan fingerprint density at radius 1 is 1.25 bits per heavy atom. The number of rotatable bonds is 1. The topological polar surface area (TPSA) is 58.3 Å². The van der Waals surface area contributed by atoms with Gasteiger partial charge >= 0.3 is 0 Å². The van der Waals surface area contributed by atoms with E-state index in [2.05, 4.69) is 10.5 Å². The van der Waals surface area contributed by atoms with Crippen LogP contribution in [-0.2, 0) is 13.0 Å². The largest absolute Gasteiger partial charge is 0.508 e. The van der Waals surface area contributed by atoms with Crippen molar-refractivity contribution in [2.24, 2.45) is 0 Å². The van der Waals surface area contributed by atoms with E-state index >= 15 is 0 Å². The Labute approximate surface area is 92.9 Å². The van der Waals surface area contributed by atoms with Crippen molar-refractivity contribution in [1.29, 1.82) is 0 Å². The van der Waals surface area contributed by atoms with E-state index in [1.165, 1.54) is 5.56 Å². The van der Waals surface area contributed by atoms with Crippen LogP contribution < -0.4 is 5.32 Å². The first-order valence-electron chi connectivity index (χ1n) is 5.32. The van der Waals surface area contributed by atoms with Gasteiger partial charge in [-0.3, -0.25) is 0 Å². The lowest BCUT2D eigenvalue weighted by atomic mass is 10.0. The summed E-state index contributed by atoms with van der Waals surface area (Å²) >= 11 is 0. The summed E-state index contributed by atoms with van der Waals surface area (Å²) < 4.78 is 5.30. The molecular weight excluding hydrogens is 204 g/mol. The van der Waals surface area contributed by atoms with Gasteiger partial charge in [0.15, 0.2) is 5.76 Å². The summed E-state index contributed by atoms with van der Waals surface area (Å²) in [4.78, 5) is 0. The quantitative estimate of drug-likeness (QED) is 0.761. The summed E-state index contributed by atoms with van der Waals surface area (Å²) in [5, 5.41) is 16.6. The van der Waals surface area contributed by atoms with Crippen molar-refractivity contribution in [3.8, 4) is 17.0 Å². The lowest BCUT2D eigenvalue weighted by Gasteiger charge is -2.10. The number of aromatic nitrogens is 1. The molecule has 0 atom stereocenters. The van der Waals surface area contributed by atoms with E-state index in [4.69, 9.17) is 4.52 Å². The van der Waals surface area contributed by atoms with Crippen LogP contribution in [-0.4, -0.2) is 16.8 Å². The van der Waals surface area contributed by atoms with Crippen molar-refractivity contribution in [2.45, 2.75) is 13.0 Å². The van der Waals surface area contributed by atoms with Crippen molar-refractivity contribution in [1.82, 2.24) is 10.5 Å². The van der Waals surface area contributed by atoms with E-state index < -0.39 is 0 Å². The number of benzene rings is 1. The number of nitrogens with one attached hydrogen (secondary N) is 1. The maximum absolute atomic E-state index is 9.24. The van der Waals surface area contributed by atoms with Crippen LogP contribution in [0.4, 0.5) is 0 Å². The first-order valence-corrected chi connectivity index (χ1v) is 5.32. The highest BCUT2D eigenvalue weighted by atomic mass is 16.5. The Balaban J connectivity index is 2.06. The molecule has 0 fully saturated rings. The lowest BCUT2D eigenvalue weighted by molar-refractivity contribution is 0.367. The van der Waals surface area contributed by atoms with Gasteiger partial charge in [-0.05, 0) is 37.2 Å². The third kappa shape index (κ3) is 1.47. The lowest BCUT2D eigenvalue weighted by Crippen LogP contribution is -2.22. The minimum Gasteiger partial charge on any atom is -0.508 e. The first kappa shape index (κ1) is 9.42. The molecule has 1 aliphatic heterocycles. The van der Waals surface area contributed by atoms with Gasteiger partial charge in [-0.15, -0.1) is 0 Å². The predicted octanol–water partition coefficient (Wildman–Crippen LogP) is 1.69. The smallest absolute Gasteiger partial charge is 0.154 e. The second kappa shape index (κ2) is 3.64. The minimum absolute atomic E-state index is 0.266. The Bertz CT molecular complexity index is 502. The molecule has 1 aliphatic rings. The van der Waals surface area contributed by atoms with E-state index in [0.29, 0.717) is 0 Å². The van der Waals surface area contributed by atoms with Crippen molar-refractivity contribution in [3.63, 3.8) is 0 Å². The zero-order valence-electron chi connectivity index (χ0n) is 8.73. The van der Waals surface area contributed by atoms with Crippen LogP contribution in [0.1, 0.15) is 11.3 Å². The van der Waals surface area contributed by atoms with Gasteiger partial charge in [0.05, 0.1) is 6.54 Å². The van der Waals surface area contributed by atoms with Crippen LogP contribution in [0.5, 0.6) is 5.75 Å². The molecule has 0 radical (unpaired) electrons. The van der Waals surface area contributed by atoms with Crippen LogP contribution >= 0.6 is 0 Å². The molecule has 1 aromatic carbocycles. The summed E-state index contributed by atoms with van der Waals surface area (Å²) in [6, 6.07) is 7.04. The van der Waals surface area contributed by atoms with Gasteiger partial charge in [-0.25, -0.2) is 0 Å². The monoisotopic (exact) mass is 216 g/mol. The van der Waals surface area contributed by atoms with E-state index in [1.807, 2.05) is 12.1 Å². The van der Waals surface area contributed by atoms with E-state index in [1.54, 1.807) is 12.1 Å². The molecule has 0 saturated heterocycles. The summed E-state index contributed by atoms with van der Waals surface area (Å²) in [6.45, 7) is 1.71. The molecule has 4 heteroatoms. The molecule has 0 spiro atoms. The molecule has 0 saturated carbocycles. The van der Waals surface area contributed by atoms with Crippen LogP contribution in [0, 0.1) is 0 Å². The number of aromatic hydroxyl groups is 1. The molecule has 0 aliphatic carbocycles. The van der Waals surface area contributed by atoms with Gasteiger partial charge in [0.2, 0.25) is 0 Å². The molecule has 82 valence electrons. The molecule has 2 heterocycles. The second-order valence-electron chi connectivity index (χ2n) is 3.91. The second-order valence-corrected chi connectivity index (χ2v) is 3.91. The van der Waals surface area contributed by atoms with Crippen LogP contribution in [0.25, 0.3) is 11.3 Å². The summed E-state index contributed by atoms with van der Waals surface area (Å²) in [6.07, 6.45) is 0.940. The molecule has 2 N–H and O–H groups in total. The number of fused-ring (bicyclic) bond motifs is 1.